The number of nitrogens with zero attached hydrogens (tertiary/aromatic N) is 1. The number of pyridine rings is 1. The quantitative estimate of drug-likeness (QED) is 0.892. The van der Waals surface area contributed by atoms with Crippen molar-refractivity contribution in [3.63, 3.8) is 0 Å². The van der Waals surface area contributed by atoms with Gasteiger partial charge >= 0.3 is 5.97 Å². The normalized spacial score (nSPS) is 12.1. The molecule has 0 aliphatic rings. The maximum atomic E-state index is 11.5. The molecule has 98 valence electrons. The molecule has 0 fully saturated rings. The molecule has 3 nitrogen and oxygen atoms in total. The maximum Gasteiger partial charge on any atom is 0.315 e. The lowest BCUT2D eigenvalue weighted by Crippen LogP contribution is -2.13. The number of rotatable bonds is 5. The lowest BCUT2D eigenvalue weighted by Gasteiger charge is -2.13. The Morgan fingerprint density at radius 2 is 1.68 bits per heavy atom. The Balaban J connectivity index is 2.32. The predicted octanol–water partition coefficient (Wildman–Crippen LogP) is 3.25. The van der Waals surface area contributed by atoms with Gasteiger partial charge in [-0.05, 0) is 35.2 Å². The minimum absolute atomic E-state index is 0.626. The van der Waals surface area contributed by atoms with Gasteiger partial charge in [-0.2, -0.15) is 0 Å². The van der Waals surface area contributed by atoms with Crippen LogP contribution in [-0.4, -0.2) is 16.1 Å². The van der Waals surface area contributed by atoms with E-state index in [9.17, 15) is 9.90 Å². The smallest absolute Gasteiger partial charge is 0.315 e. The summed E-state index contributed by atoms with van der Waals surface area (Å²) in [6.45, 7) is 2.13. The van der Waals surface area contributed by atoms with Crippen molar-refractivity contribution in [3.05, 3.63) is 65.5 Å². The summed E-state index contributed by atoms with van der Waals surface area (Å²) in [6, 6.07) is 11.3. The third-order valence-corrected chi connectivity index (χ3v) is 3.14. The Bertz CT molecular complexity index is 534. The Kier molecular flexibility index (Phi) is 4.29. The van der Waals surface area contributed by atoms with Crippen LogP contribution in [-0.2, 0) is 11.2 Å². The average molecular weight is 255 g/mol. The van der Waals surface area contributed by atoms with Gasteiger partial charge in [0.15, 0.2) is 0 Å². The number of hydrogen-bond donors (Lipinski definition) is 1. The molecule has 2 rings (SSSR count). The van der Waals surface area contributed by atoms with Crippen LogP contribution in [0.15, 0.2) is 48.8 Å². The van der Waals surface area contributed by atoms with Gasteiger partial charge in [0.25, 0.3) is 0 Å². The summed E-state index contributed by atoms with van der Waals surface area (Å²) in [5, 5.41) is 9.43. The number of carboxylic acid groups (broad SMARTS) is 1. The van der Waals surface area contributed by atoms with Crippen molar-refractivity contribution >= 4 is 5.97 Å². The first-order valence-electron chi connectivity index (χ1n) is 6.44. The van der Waals surface area contributed by atoms with Crippen molar-refractivity contribution in [2.75, 3.05) is 0 Å². The standard InChI is InChI=1S/C16H17NO2/c1-2-3-12-4-6-13(7-5-12)15(16(18)19)14-8-10-17-11-9-14/h4-11,15H,2-3H2,1H3,(H,18,19). The lowest BCUT2D eigenvalue weighted by molar-refractivity contribution is -0.137. The summed E-state index contributed by atoms with van der Waals surface area (Å²) < 4.78 is 0. The van der Waals surface area contributed by atoms with Crippen molar-refractivity contribution < 1.29 is 9.90 Å². The van der Waals surface area contributed by atoms with Crippen LogP contribution in [0.4, 0.5) is 0 Å². The molecule has 0 saturated carbocycles. The SMILES string of the molecule is CCCc1ccc(C(C(=O)O)c2ccncc2)cc1. The monoisotopic (exact) mass is 255 g/mol. The fourth-order valence-electron chi connectivity index (χ4n) is 2.20. The van der Waals surface area contributed by atoms with Gasteiger partial charge in [0.2, 0.25) is 0 Å². The summed E-state index contributed by atoms with van der Waals surface area (Å²) in [7, 11) is 0. The van der Waals surface area contributed by atoms with Gasteiger partial charge in [0.05, 0.1) is 0 Å². The minimum Gasteiger partial charge on any atom is -0.481 e. The molecule has 0 radical (unpaired) electrons. The Morgan fingerprint density at radius 1 is 1.11 bits per heavy atom. The second-order valence-electron chi connectivity index (χ2n) is 4.54. The van der Waals surface area contributed by atoms with Crippen LogP contribution >= 0.6 is 0 Å². The van der Waals surface area contributed by atoms with Crippen LogP contribution in [0.25, 0.3) is 0 Å². The van der Waals surface area contributed by atoms with Crippen LogP contribution < -0.4 is 0 Å². The molecule has 0 spiro atoms. The van der Waals surface area contributed by atoms with Crippen LogP contribution in [0.3, 0.4) is 0 Å². The highest BCUT2D eigenvalue weighted by Gasteiger charge is 2.21. The molecule has 1 aromatic carbocycles. The van der Waals surface area contributed by atoms with Crippen molar-refractivity contribution in [3.8, 4) is 0 Å². The topological polar surface area (TPSA) is 50.2 Å². The highest BCUT2D eigenvalue weighted by molar-refractivity contribution is 5.80. The van der Waals surface area contributed by atoms with E-state index in [4.69, 9.17) is 0 Å². The van der Waals surface area contributed by atoms with Gasteiger partial charge < -0.3 is 5.11 Å². The van der Waals surface area contributed by atoms with Crippen LogP contribution in [0.2, 0.25) is 0 Å². The summed E-state index contributed by atoms with van der Waals surface area (Å²) in [5.74, 6) is -1.46. The molecule has 0 saturated heterocycles. The highest BCUT2D eigenvalue weighted by Crippen LogP contribution is 2.25. The largest absolute Gasteiger partial charge is 0.481 e. The number of carboxylic acids is 1. The molecular formula is C16H17NO2. The van der Waals surface area contributed by atoms with Gasteiger partial charge in [-0.3, -0.25) is 9.78 Å². The molecule has 19 heavy (non-hydrogen) atoms. The van der Waals surface area contributed by atoms with Gasteiger partial charge in [-0.25, -0.2) is 0 Å². The first kappa shape index (κ1) is 13.3. The zero-order valence-corrected chi connectivity index (χ0v) is 10.9. The number of carbonyl (C=O) groups is 1. The van der Waals surface area contributed by atoms with E-state index in [0.29, 0.717) is 0 Å². The second kappa shape index (κ2) is 6.14. The van der Waals surface area contributed by atoms with E-state index in [-0.39, 0.29) is 0 Å². The number of aliphatic carboxylic acids is 1. The molecule has 1 atom stereocenters. The molecule has 0 aliphatic carbocycles. The predicted molar refractivity (Wildman–Crippen MR) is 74.2 cm³/mol. The van der Waals surface area contributed by atoms with Crippen LogP contribution in [0.5, 0.6) is 0 Å². The minimum atomic E-state index is -0.838. The zero-order chi connectivity index (χ0) is 13.7. The summed E-state index contributed by atoms with van der Waals surface area (Å²) in [4.78, 5) is 15.4. The summed E-state index contributed by atoms with van der Waals surface area (Å²) >= 11 is 0. The molecule has 1 aromatic heterocycles. The van der Waals surface area contributed by atoms with E-state index in [1.165, 1.54) is 5.56 Å². The van der Waals surface area contributed by atoms with E-state index in [2.05, 4.69) is 11.9 Å². The van der Waals surface area contributed by atoms with Crippen molar-refractivity contribution in [1.82, 2.24) is 4.98 Å². The molecule has 1 N–H and O–H groups in total. The molecular weight excluding hydrogens is 238 g/mol. The molecule has 0 amide bonds. The van der Waals surface area contributed by atoms with Crippen LogP contribution in [0, 0.1) is 0 Å². The molecule has 0 bridgehead atoms. The van der Waals surface area contributed by atoms with E-state index in [0.717, 1.165) is 24.0 Å². The second-order valence-corrected chi connectivity index (χ2v) is 4.54. The van der Waals surface area contributed by atoms with Gasteiger partial charge in [0.1, 0.15) is 5.92 Å². The maximum absolute atomic E-state index is 11.5. The fourth-order valence-corrected chi connectivity index (χ4v) is 2.20. The Hall–Kier alpha value is -2.16. The van der Waals surface area contributed by atoms with Crippen LogP contribution in [0.1, 0.15) is 36.0 Å². The van der Waals surface area contributed by atoms with Crippen molar-refractivity contribution in [1.29, 1.82) is 0 Å². The van der Waals surface area contributed by atoms with Gasteiger partial charge in [0, 0.05) is 12.4 Å². The third-order valence-electron chi connectivity index (χ3n) is 3.14. The first-order chi connectivity index (χ1) is 9.22. The number of benzene rings is 1. The van der Waals surface area contributed by atoms with E-state index in [1.54, 1.807) is 24.5 Å². The van der Waals surface area contributed by atoms with E-state index < -0.39 is 11.9 Å². The van der Waals surface area contributed by atoms with E-state index >= 15 is 0 Å². The molecule has 3 heteroatoms. The first-order valence-corrected chi connectivity index (χ1v) is 6.44. The lowest BCUT2D eigenvalue weighted by atomic mass is 9.91. The molecule has 0 aliphatic heterocycles. The van der Waals surface area contributed by atoms with Gasteiger partial charge in [-0.1, -0.05) is 37.6 Å². The van der Waals surface area contributed by atoms with Crippen molar-refractivity contribution in [2.24, 2.45) is 0 Å². The highest BCUT2D eigenvalue weighted by atomic mass is 16.4. The number of aromatic nitrogens is 1. The van der Waals surface area contributed by atoms with Gasteiger partial charge in [-0.15, -0.1) is 0 Å². The molecule has 1 heterocycles. The summed E-state index contributed by atoms with van der Waals surface area (Å²) in [6.07, 6.45) is 5.35. The Labute approximate surface area is 112 Å². The average Bonchev–Trinajstić information content (AvgIpc) is 2.42. The zero-order valence-electron chi connectivity index (χ0n) is 10.9. The fraction of sp³-hybridized carbons (Fsp3) is 0.250. The number of hydrogen-bond acceptors (Lipinski definition) is 2. The Morgan fingerprint density at radius 3 is 2.21 bits per heavy atom. The van der Waals surface area contributed by atoms with Crippen molar-refractivity contribution in [2.45, 2.75) is 25.7 Å². The summed E-state index contributed by atoms with van der Waals surface area (Å²) in [5.41, 5.74) is 2.80. The molecule has 1 unspecified atom stereocenters. The number of aryl methyl sites for hydroxylation is 1. The third kappa shape index (κ3) is 3.19. The molecule has 2 aromatic rings. The van der Waals surface area contributed by atoms with E-state index in [1.807, 2.05) is 24.3 Å².